The van der Waals surface area contributed by atoms with Gasteiger partial charge in [-0.25, -0.2) is 0 Å². The largest absolute Gasteiger partial charge is 0.392 e. The molecule has 1 spiro atoms. The number of amides is 1. The number of carbonyl (C=O) groups is 1. The van der Waals surface area contributed by atoms with Crippen molar-refractivity contribution in [1.29, 1.82) is 0 Å². The highest BCUT2D eigenvalue weighted by Gasteiger charge is 2.55. The second-order valence-corrected chi connectivity index (χ2v) is 6.84. The number of aliphatic hydroxyl groups excluding tert-OH is 1. The van der Waals surface area contributed by atoms with E-state index in [1.807, 2.05) is 25.1 Å². The van der Waals surface area contributed by atoms with Crippen LogP contribution < -0.4 is 5.32 Å². The summed E-state index contributed by atoms with van der Waals surface area (Å²) in [7, 11) is 0. The number of halogens is 1. The first-order valence-electron chi connectivity index (χ1n) is 7.82. The van der Waals surface area contributed by atoms with Gasteiger partial charge in [-0.2, -0.15) is 0 Å². The molecule has 1 aliphatic heterocycles. The summed E-state index contributed by atoms with van der Waals surface area (Å²) in [6.45, 7) is 3.28. The molecule has 0 unspecified atom stereocenters. The van der Waals surface area contributed by atoms with Crippen LogP contribution in [-0.2, 0) is 16.0 Å². The van der Waals surface area contributed by atoms with Crippen LogP contribution >= 0.6 is 11.6 Å². The Bertz CT molecular complexity index is 549. The molecule has 2 N–H and O–H groups in total. The van der Waals surface area contributed by atoms with Crippen LogP contribution in [0.2, 0.25) is 5.02 Å². The van der Waals surface area contributed by atoms with Crippen LogP contribution in [-0.4, -0.2) is 36.4 Å². The zero-order chi connectivity index (χ0) is 15.7. The van der Waals surface area contributed by atoms with E-state index in [1.165, 1.54) is 0 Å². The summed E-state index contributed by atoms with van der Waals surface area (Å²) < 4.78 is 5.39. The molecule has 0 bridgehead atoms. The third-order valence-corrected chi connectivity index (χ3v) is 5.62. The van der Waals surface area contributed by atoms with Gasteiger partial charge in [0.1, 0.15) is 0 Å². The van der Waals surface area contributed by atoms with Crippen LogP contribution in [0.15, 0.2) is 18.2 Å². The predicted octanol–water partition coefficient (Wildman–Crippen LogP) is 2.24. The number of aliphatic hydroxyl groups is 1. The maximum atomic E-state index is 12.4. The summed E-state index contributed by atoms with van der Waals surface area (Å²) in [6, 6.07) is 5.70. The average molecular weight is 324 g/mol. The Morgan fingerprint density at radius 2 is 2.18 bits per heavy atom. The van der Waals surface area contributed by atoms with Gasteiger partial charge in [-0.1, -0.05) is 23.7 Å². The Labute approximate surface area is 135 Å². The summed E-state index contributed by atoms with van der Waals surface area (Å²) in [5.74, 6) is -0.0287. The highest BCUT2D eigenvalue weighted by Crippen LogP contribution is 2.48. The van der Waals surface area contributed by atoms with Crippen molar-refractivity contribution in [3.63, 3.8) is 0 Å². The predicted molar refractivity (Wildman–Crippen MR) is 84.9 cm³/mol. The van der Waals surface area contributed by atoms with Crippen LogP contribution in [0.25, 0.3) is 0 Å². The van der Waals surface area contributed by atoms with E-state index in [9.17, 15) is 9.90 Å². The Morgan fingerprint density at radius 3 is 2.82 bits per heavy atom. The van der Waals surface area contributed by atoms with Gasteiger partial charge in [0, 0.05) is 29.7 Å². The minimum absolute atomic E-state index is 0.0287. The van der Waals surface area contributed by atoms with Crippen molar-refractivity contribution in [2.75, 3.05) is 13.2 Å². The van der Waals surface area contributed by atoms with Crippen LogP contribution in [0, 0.1) is 12.3 Å². The molecule has 4 nitrogen and oxygen atoms in total. The van der Waals surface area contributed by atoms with Crippen molar-refractivity contribution >= 4 is 17.5 Å². The lowest BCUT2D eigenvalue weighted by atomic mass is 9.58. The molecule has 1 amide bonds. The Hall–Kier alpha value is -1.10. The third kappa shape index (κ3) is 2.75. The van der Waals surface area contributed by atoms with Gasteiger partial charge in [0.25, 0.3) is 0 Å². The summed E-state index contributed by atoms with van der Waals surface area (Å²) in [4.78, 5) is 12.4. The lowest BCUT2D eigenvalue weighted by Gasteiger charge is -2.55. The zero-order valence-corrected chi connectivity index (χ0v) is 13.5. The summed E-state index contributed by atoms with van der Waals surface area (Å²) in [5.41, 5.74) is 1.71. The number of ether oxygens (including phenoxy) is 1. The molecule has 1 saturated carbocycles. The molecule has 1 aromatic carbocycles. The van der Waals surface area contributed by atoms with Crippen LogP contribution in [0.1, 0.15) is 30.4 Å². The molecule has 0 radical (unpaired) electrons. The molecule has 5 heteroatoms. The second kappa shape index (κ2) is 6.19. The molecule has 120 valence electrons. The third-order valence-electron chi connectivity index (χ3n) is 5.27. The van der Waals surface area contributed by atoms with Crippen LogP contribution in [0.5, 0.6) is 0 Å². The topological polar surface area (TPSA) is 58.6 Å². The highest BCUT2D eigenvalue weighted by atomic mass is 35.5. The van der Waals surface area contributed by atoms with E-state index in [-0.39, 0.29) is 29.9 Å². The molecule has 3 rings (SSSR count). The fourth-order valence-corrected chi connectivity index (χ4v) is 3.99. The van der Waals surface area contributed by atoms with Gasteiger partial charge >= 0.3 is 0 Å². The summed E-state index contributed by atoms with van der Waals surface area (Å²) in [5, 5.41) is 13.9. The first-order chi connectivity index (χ1) is 10.5. The lowest BCUT2D eigenvalue weighted by Crippen LogP contribution is -2.65. The van der Waals surface area contributed by atoms with Gasteiger partial charge in [-0.05, 0) is 43.4 Å². The molecule has 1 aromatic rings. The van der Waals surface area contributed by atoms with Crippen molar-refractivity contribution in [3.05, 3.63) is 34.3 Å². The van der Waals surface area contributed by atoms with Gasteiger partial charge in [0.2, 0.25) is 5.91 Å². The number of hydrogen-bond donors (Lipinski definition) is 2. The number of benzene rings is 1. The van der Waals surface area contributed by atoms with Gasteiger partial charge < -0.3 is 15.2 Å². The Kier molecular flexibility index (Phi) is 4.44. The number of hydrogen-bond acceptors (Lipinski definition) is 3. The molecule has 1 heterocycles. The molecular formula is C17H22ClNO3. The van der Waals surface area contributed by atoms with Crippen LogP contribution in [0.4, 0.5) is 0 Å². The fourth-order valence-electron chi connectivity index (χ4n) is 3.70. The molecular weight excluding hydrogens is 302 g/mol. The standard InChI is InChI=1S/C17H22ClNO3/c1-11-3-2-4-13(18)12(11)9-16(21)19-14-10-15(20)17(14)5-7-22-8-6-17/h2-4,14-15,20H,5-10H2,1H3,(H,19,21)/t14-,15-/m1/s1. The van der Waals surface area contributed by atoms with Gasteiger partial charge in [-0.15, -0.1) is 0 Å². The van der Waals surface area contributed by atoms with Gasteiger partial charge in [0.15, 0.2) is 0 Å². The van der Waals surface area contributed by atoms with E-state index in [0.29, 0.717) is 24.7 Å². The van der Waals surface area contributed by atoms with Crippen molar-refractivity contribution in [1.82, 2.24) is 5.32 Å². The first-order valence-corrected chi connectivity index (χ1v) is 8.20. The molecule has 22 heavy (non-hydrogen) atoms. The van der Waals surface area contributed by atoms with E-state index in [0.717, 1.165) is 24.0 Å². The van der Waals surface area contributed by atoms with Crippen molar-refractivity contribution in [2.45, 2.75) is 44.8 Å². The van der Waals surface area contributed by atoms with E-state index >= 15 is 0 Å². The minimum atomic E-state index is -0.330. The summed E-state index contributed by atoms with van der Waals surface area (Å²) in [6.07, 6.45) is 2.20. The van der Waals surface area contributed by atoms with E-state index < -0.39 is 0 Å². The SMILES string of the molecule is Cc1cccc(Cl)c1CC(=O)N[C@@H]1C[C@@H](O)C12CCOCC2. The van der Waals surface area contributed by atoms with E-state index in [2.05, 4.69) is 5.32 Å². The van der Waals surface area contributed by atoms with Gasteiger partial charge in [-0.3, -0.25) is 4.79 Å². The summed E-state index contributed by atoms with van der Waals surface area (Å²) >= 11 is 6.19. The maximum absolute atomic E-state index is 12.4. The zero-order valence-electron chi connectivity index (χ0n) is 12.8. The van der Waals surface area contributed by atoms with Crippen molar-refractivity contribution in [3.8, 4) is 0 Å². The lowest BCUT2D eigenvalue weighted by molar-refractivity contribution is -0.155. The molecule has 1 aliphatic carbocycles. The maximum Gasteiger partial charge on any atom is 0.224 e. The highest BCUT2D eigenvalue weighted by molar-refractivity contribution is 6.31. The molecule has 1 saturated heterocycles. The Balaban J connectivity index is 1.65. The van der Waals surface area contributed by atoms with Crippen molar-refractivity contribution < 1.29 is 14.6 Å². The monoisotopic (exact) mass is 323 g/mol. The van der Waals surface area contributed by atoms with Gasteiger partial charge in [0.05, 0.1) is 12.5 Å². The second-order valence-electron chi connectivity index (χ2n) is 6.43. The van der Waals surface area contributed by atoms with Crippen LogP contribution in [0.3, 0.4) is 0 Å². The smallest absolute Gasteiger partial charge is 0.224 e. The average Bonchev–Trinajstić information content (AvgIpc) is 2.52. The quantitative estimate of drug-likeness (QED) is 0.897. The molecule has 2 aliphatic rings. The van der Waals surface area contributed by atoms with E-state index in [1.54, 1.807) is 0 Å². The number of nitrogens with one attached hydrogen (secondary N) is 1. The normalized spacial score (nSPS) is 26.5. The number of rotatable bonds is 3. The number of carbonyl (C=O) groups excluding carboxylic acids is 1. The number of aryl methyl sites for hydroxylation is 1. The first kappa shape index (κ1) is 15.8. The molecule has 2 fully saturated rings. The molecule has 0 aromatic heterocycles. The Morgan fingerprint density at radius 1 is 1.45 bits per heavy atom. The fraction of sp³-hybridized carbons (Fsp3) is 0.588. The van der Waals surface area contributed by atoms with Crippen molar-refractivity contribution in [2.24, 2.45) is 5.41 Å². The molecule has 2 atom stereocenters. The van der Waals surface area contributed by atoms with E-state index in [4.69, 9.17) is 16.3 Å². The minimum Gasteiger partial charge on any atom is -0.392 e.